The van der Waals surface area contributed by atoms with E-state index in [9.17, 15) is 9.59 Å². The first-order valence-corrected chi connectivity index (χ1v) is 12.2. The van der Waals surface area contributed by atoms with Crippen LogP contribution in [0, 0.1) is 0 Å². The van der Waals surface area contributed by atoms with Crippen LogP contribution in [0.3, 0.4) is 0 Å². The number of likely N-dealkylation sites (tertiary alicyclic amines) is 2. The number of hydrogen-bond donors (Lipinski definition) is 0. The zero-order valence-corrected chi connectivity index (χ0v) is 20.3. The first-order chi connectivity index (χ1) is 17.0. The summed E-state index contributed by atoms with van der Waals surface area (Å²) < 4.78 is 6.99. The first kappa shape index (κ1) is 23.1. The van der Waals surface area contributed by atoms with Crippen molar-refractivity contribution in [2.45, 2.75) is 50.7 Å². The number of aryl methyl sites for hydroxylation is 1. The molecule has 4 heterocycles. The standard InChI is InChI=1S/C27H31N5O3/c1-30-18-21(16-29-30)23-15-20(11-13-28-23)27(34)31-14-12-25-24(31)5-3-4-6-26(33)32(25)17-19-7-9-22(35-2)10-8-19/h7-11,13,15-16,18,24-25H,3-6,12,14,17H2,1-2H3/t24-,25+/m0/s1. The number of fused-ring (bicyclic) bond motifs is 1. The molecule has 35 heavy (non-hydrogen) atoms. The number of carbonyl (C=O) groups excluding carboxylic acids is 2. The Morgan fingerprint density at radius 1 is 1.11 bits per heavy atom. The predicted octanol–water partition coefficient (Wildman–Crippen LogP) is 3.68. The van der Waals surface area contributed by atoms with Gasteiger partial charge in [0, 0.05) is 50.1 Å². The average Bonchev–Trinajstić information content (AvgIpc) is 3.50. The van der Waals surface area contributed by atoms with Gasteiger partial charge < -0.3 is 14.5 Å². The van der Waals surface area contributed by atoms with Crippen LogP contribution in [-0.4, -0.2) is 62.1 Å². The minimum atomic E-state index is 0.00228. The summed E-state index contributed by atoms with van der Waals surface area (Å²) in [6.45, 7) is 1.19. The van der Waals surface area contributed by atoms with E-state index in [-0.39, 0.29) is 23.9 Å². The number of methoxy groups -OCH3 is 1. The average molecular weight is 474 g/mol. The van der Waals surface area contributed by atoms with E-state index >= 15 is 0 Å². The molecule has 5 rings (SSSR count). The normalized spacial score (nSPS) is 20.3. The molecule has 0 saturated carbocycles. The van der Waals surface area contributed by atoms with E-state index in [1.54, 1.807) is 30.3 Å². The number of benzene rings is 1. The molecular formula is C27H31N5O3. The molecule has 2 amide bonds. The van der Waals surface area contributed by atoms with Crippen molar-refractivity contribution in [1.29, 1.82) is 0 Å². The van der Waals surface area contributed by atoms with Gasteiger partial charge in [0.15, 0.2) is 0 Å². The zero-order valence-electron chi connectivity index (χ0n) is 20.3. The van der Waals surface area contributed by atoms with Crippen molar-refractivity contribution in [3.63, 3.8) is 0 Å². The van der Waals surface area contributed by atoms with Gasteiger partial charge in [-0.1, -0.05) is 18.6 Å². The third-order valence-electron chi connectivity index (χ3n) is 7.15. The monoisotopic (exact) mass is 473 g/mol. The summed E-state index contributed by atoms with van der Waals surface area (Å²) in [5.41, 5.74) is 3.30. The van der Waals surface area contributed by atoms with Crippen LogP contribution in [0.1, 0.15) is 48.0 Å². The molecule has 182 valence electrons. The van der Waals surface area contributed by atoms with Crippen molar-refractivity contribution in [3.05, 3.63) is 66.1 Å². The molecule has 2 fully saturated rings. The smallest absolute Gasteiger partial charge is 0.254 e. The summed E-state index contributed by atoms with van der Waals surface area (Å²) in [7, 11) is 3.50. The molecule has 2 aliphatic heterocycles. The molecule has 0 radical (unpaired) electrons. The van der Waals surface area contributed by atoms with Crippen LogP contribution < -0.4 is 4.74 Å². The molecule has 2 saturated heterocycles. The fraction of sp³-hybridized carbons (Fsp3) is 0.407. The lowest BCUT2D eigenvalue weighted by Crippen LogP contribution is -2.49. The lowest BCUT2D eigenvalue weighted by Gasteiger charge is -2.37. The van der Waals surface area contributed by atoms with Gasteiger partial charge in [-0.05, 0) is 49.1 Å². The maximum Gasteiger partial charge on any atom is 0.254 e. The van der Waals surface area contributed by atoms with Crippen molar-refractivity contribution in [3.8, 4) is 17.0 Å². The summed E-state index contributed by atoms with van der Waals surface area (Å²) in [6.07, 6.45) is 9.38. The number of amides is 2. The van der Waals surface area contributed by atoms with Crippen LogP contribution in [0.5, 0.6) is 5.75 Å². The summed E-state index contributed by atoms with van der Waals surface area (Å²) >= 11 is 0. The minimum absolute atomic E-state index is 0.00228. The zero-order chi connectivity index (χ0) is 24.4. The van der Waals surface area contributed by atoms with E-state index in [1.807, 2.05) is 53.4 Å². The Kier molecular flexibility index (Phi) is 6.53. The SMILES string of the molecule is COc1ccc(CN2C(=O)CCCC[C@H]3[C@H]2CCN3C(=O)c2ccnc(-c3cnn(C)c3)c2)cc1. The summed E-state index contributed by atoms with van der Waals surface area (Å²) in [5.74, 6) is 0.973. The molecule has 0 bridgehead atoms. The van der Waals surface area contributed by atoms with Crippen LogP contribution in [0.15, 0.2) is 55.0 Å². The van der Waals surface area contributed by atoms with E-state index in [0.717, 1.165) is 48.3 Å². The highest BCUT2D eigenvalue weighted by atomic mass is 16.5. The van der Waals surface area contributed by atoms with Gasteiger partial charge in [0.2, 0.25) is 5.91 Å². The first-order valence-electron chi connectivity index (χ1n) is 12.2. The van der Waals surface area contributed by atoms with Crippen LogP contribution in [-0.2, 0) is 18.4 Å². The van der Waals surface area contributed by atoms with Crippen molar-refractivity contribution in [2.24, 2.45) is 7.05 Å². The number of aromatic nitrogens is 3. The third kappa shape index (κ3) is 4.78. The molecule has 2 aliphatic rings. The largest absolute Gasteiger partial charge is 0.497 e. The fourth-order valence-corrected chi connectivity index (χ4v) is 5.33. The van der Waals surface area contributed by atoms with E-state index < -0.39 is 0 Å². The third-order valence-corrected chi connectivity index (χ3v) is 7.15. The number of ether oxygens (including phenoxy) is 1. The van der Waals surface area contributed by atoms with Gasteiger partial charge in [-0.2, -0.15) is 5.10 Å². The van der Waals surface area contributed by atoms with Gasteiger partial charge >= 0.3 is 0 Å². The molecule has 3 aromatic rings. The Morgan fingerprint density at radius 2 is 1.94 bits per heavy atom. The number of pyridine rings is 1. The predicted molar refractivity (Wildman–Crippen MR) is 132 cm³/mol. The molecule has 0 aliphatic carbocycles. The van der Waals surface area contributed by atoms with Gasteiger partial charge in [0.05, 0.1) is 31.1 Å². The minimum Gasteiger partial charge on any atom is -0.497 e. The Balaban J connectivity index is 1.38. The van der Waals surface area contributed by atoms with Gasteiger partial charge in [-0.15, -0.1) is 0 Å². The second kappa shape index (κ2) is 9.90. The van der Waals surface area contributed by atoms with Crippen LogP contribution in [0.2, 0.25) is 0 Å². The summed E-state index contributed by atoms with van der Waals surface area (Å²) in [4.78, 5) is 35.3. The molecule has 8 heteroatoms. The van der Waals surface area contributed by atoms with Crippen LogP contribution in [0.25, 0.3) is 11.3 Å². The second-order valence-electron chi connectivity index (χ2n) is 9.37. The molecule has 2 atom stereocenters. The van der Waals surface area contributed by atoms with Gasteiger partial charge in [0.25, 0.3) is 5.91 Å². The van der Waals surface area contributed by atoms with Crippen LogP contribution >= 0.6 is 0 Å². The quantitative estimate of drug-likeness (QED) is 0.565. The molecule has 0 unspecified atom stereocenters. The molecule has 8 nitrogen and oxygen atoms in total. The number of hydrogen-bond acceptors (Lipinski definition) is 5. The molecule has 0 spiro atoms. The van der Waals surface area contributed by atoms with Gasteiger partial charge in [-0.25, -0.2) is 0 Å². The summed E-state index contributed by atoms with van der Waals surface area (Å²) in [5, 5.41) is 4.21. The molecular weight excluding hydrogens is 442 g/mol. The highest BCUT2D eigenvalue weighted by Crippen LogP contribution is 2.33. The van der Waals surface area contributed by atoms with Crippen molar-refractivity contribution in [2.75, 3.05) is 13.7 Å². The Bertz CT molecular complexity index is 1210. The maximum absolute atomic E-state index is 13.7. The molecule has 1 aromatic carbocycles. The summed E-state index contributed by atoms with van der Waals surface area (Å²) in [6, 6.07) is 11.5. The number of nitrogens with zero attached hydrogens (tertiary/aromatic N) is 5. The van der Waals surface area contributed by atoms with Crippen molar-refractivity contribution in [1.82, 2.24) is 24.6 Å². The number of carbonyl (C=O) groups is 2. The highest BCUT2D eigenvalue weighted by molar-refractivity contribution is 5.95. The Labute approximate surface area is 205 Å². The Morgan fingerprint density at radius 3 is 2.69 bits per heavy atom. The van der Waals surface area contributed by atoms with E-state index in [1.165, 1.54) is 0 Å². The number of rotatable bonds is 5. The van der Waals surface area contributed by atoms with Crippen LogP contribution in [0.4, 0.5) is 0 Å². The van der Waals surface area contributed by atoms with Gasteiger partial charge in [-0.3, -0.25) is 19.3 Å². The van der Waals surface area contributed by atoms with Crippen molar-refractivity contribution >= 4 is 11.8 Å². The lowest BCUT2D eigenvalue weighted by atomic mass is 9.96. The lowest BCUT2D eigenvalue weighted by molar-refractivity contribution is -0.135. The highest BCUT2D eigenvalue weighted by Gasteiger charge is 2.42. The molecule has 0 N–H and O–H groups in total. The molecule has 2 aromatic heterocycles. The van der Waals surface area contributed by atoms with Crippen molar-refractivity contribution < 1.29 is 14.3 Å². The van der Waals surface area contributed by atoms with E-state index in [4.69, 9.17) is 4.74 Å². The van der Waals surface area contributed by atoms with E-state index in [2.05, 4.69) is 10.1 Å². The van der Waals surface area contributed by atoms with E-state index in [0.29, 0.717) is 25.1 Å². The van der Waals surface area contributed by atoms with Gasteiger partial charge in [0.1, 0.15) is 5.75 Å². The Hall–Kier alpha value is -3.68. The topological polar surface area (TPSA) is 80.6 Å². The fourth-order valence-electron chi connectivity index (χ4n) is 5.33. The maximum atomic E-state index is 13.7. The second-order valence-corrected chi connectivity index (χ2v) is 9.37.